The number of hydrogen-bond donors (Lipinski definition) is 1. The molecule has 0 aliphatic rings. The molecule has 5 nitrogen and oxygen atoms in total. The molecule has 1 aromatic heterocycles. The first kappa shape index (κ1) is 14.3. The van der Waals surface area contributed by atoms with Crippen LogP contribution in [0.15, 0.2) is 36.7 Å². The lowest BCUT2D eigenvalue weighted by Gasteiger charge is -2.10. The van der Waals surface area contributed by atoms with E-state index in [9.17, 15) is 0 Å². The average Bonchev–Trinajstić information content (AvgIpc) is 2.41. The van der Waals surface area contributed by atoms with E-state index < -0.39 is 0 Å². The Labute approximate surface area is 118 Å². The Bertz CT molecular complexity index is 541. The highest BCUT2D eigenvalue weighted by molar-refractivity contribution is 5.30. The van der Waals surface area contributed by atoms with Gasteiger partial charge >= 0.3 is 0 Å². The molecule has 0 saturated heterocycles. The average molecular weight is 273 g/mol. The molecule has 2 rings (SSSR count). The third-order valence-corrected chi connectivity index (χ3v) is 2.53. The summed E-state index contributed by atoms with van der Waals surface area (Å²) in [5.41, 5.74) is 6.70. The Morgan fingerprint density at radius 2 is 1.80 bits per heavy atom. The summed E-state index contributed by atoms with van der Waals surface area (Å²) in [5.74, 6) is 1.58. The summed E-state index contributed by atoms with van der Waals surface area (Å²) < 4.78 is 11.1. The molecule has 2 aromatic rings. The molecule has 0 amide bonds. The molecule has 0 fully saturated rings. The van der Waals surface area contributed by atoms with Crippen LogP contribution in [-0.4, -0.2) is 22.6 Å². The zero-order valence-corrected chi connectivity index (χ0v) is 11.7. The maximum Gasteiger partial charge on any atom is 0.241 e. The fraction of sp³-hybridized carbons (Fsp3) is 0.333. The highest BCUT2D eigenvalue weighted by atomic mass is 16.5. The van der Waals surface area contributed by atoms with Gasteiger partial charge in [0.05, 0.1) is 18.5 Å². The number of hydrogen-bond acceptors (Lipinski definition) is 5. The van der Waals surface area contributed by atoms with Crippen molar-refractivity contribution in [1.82, 2.24) is 9.97 Å². The van der Waals surface area contributed by atoms with Crippen LogP contribution >= 0.6 is 0 Å². The number of nitrogens with two attached hydrogens (primary N) is 1. The lowest BCUT2D eigenvalue weighted by molar-refractivity contribution is 0.229. The van der Waals surface area contributed by atoms with Crippen molar-refractivity contribution in [2.45, 2.75) is 26.4 Å². The van der Waals surface area contributed by atoms with Crippen LogP contribution in [0.4, 0.5) is 0 Å². The number of nitrogens with zero attached hydrogens (tertiary/aromatic N) is 2. The second-order valence-electron chi connectivity index (χ2n) is 4.65. The van der Waals surface area contributed by atoms with Gasteiger partial charge in [0.1, 0.15) is 5.75 Å². The summed E-state index contributed by atoms with van der Waals surface area (Å²) in [6, 6.07) is 7.76. The van der Waals surface area contributed by atoms with Crippen molar-refractivity contribution in [2.75, 3.05) is 6.54 Å². The molecule has 20 heavy (non-hydrogen) atoms. The molecule has 0 aliphatic carbocycles. The highest BCUT2D eigenvalue weighted by Crippen LogP contribution is 2.21. The summed E-state index contributed by atoms with van der Waals surface area (Å²) in [4.78, 5) is 8.29. The molecule has 0 aliphatic heterocycles. The topological polar surface area (TPSA) is 70.3 Å². The summed E-state index contributed by atoms with van der Waals surface area (Å²) in [7, 11) is 0. The molecular weight excluding hydrogens is 254 g/mol. The molecule has 106 valence electrons. The molecule has 0 atom stereocenters. The van der Waals surface area contributed by atoms with Gasteiger partial charge in [-0.25, -0.2) is 0 Å². The summed E-state index contributed by atoms with van der Waals surface area (Å²) in [6.45, 7) is 4.51. The van der Waals surface area contributed by atoms with E-state index in [4.69, 9.17) is 15.2 Å². The second-order valence-corrected chi connectivity index (χ2v) is 4.65. The maximum absolute atomic E-state index is 5.65. The Morgan fingerprint density at radius 1 is 1.10 bits per heavy atom. The highest BCUT2D eigenvalue weighted by Gasteiger charge is 2.04. The second kappa shape index (κ2) is 6.86. The smallest absolute Gasteiger partial charge is 0.241 e. The number of benzene rings is 1. The Balaban J connectivity index is 2.05. The van der Waals surface area contributed by atoms with Crippen LogP contribution < -0.4 is 15.2 Å². The molecule has 0 radical (unpaired) electrons. The predicted octanol–water partition coefficient (Wildman–Crippen LogP) is 2.56. The number of aromatic nitrogens is 2. The molecule has 0 spiro atoms. The lowest BCUT2D eigenvalue weighted by Crippen LogP contribution is -2.07. The van der Waals surface area contributed by atoms with Crippen molar-refractivity contribution >= 4 is 0 Å². The van der Waals surface area contributed by atoms with Crippen molar-refractivity contribution in [1.29, 1.82) is 0 Å². The van der Waals surface area contributed by atoms with Gasteiger partial charge in [0.25, 0.3) is 0 Å². The minimum absolute atomic E-state index is 0.0510. The SMILES string of the molecule is CC(C)Oc1cncc(Oc2ccc(CCN)cc2)n1. The van der Waals surface area contributed by atoms with Crippen molar-refractivity contribution in [3.05, 3.63) is 42.2 Å². The Hall–Kier alpha value is -2.14. The van der Waals surface area contributed by atoms with Gasteiger partial charge in [0.2, 0.25) is 11.8 Å². The molecular formula is C15H19N3O2. The van der Waals surface area contributed by atoms with Crippen LogP contribution in [0.25, 0.3) is 0 Å². The van der Waals surface area contributed by atoms with Gasteiger partial charge in [-0.1, -0.05) is 12.1 Å². The van der Waals surface area contributed by atoms with E-state index in [-0.39, 0.29) is 6.10 Å². The normalized spacial score (nSPS) is 10.6. The van der Waals surface area contributed by atoms with Gasteiger partial charge in [0, 0.05) is 0 Å². The minimum atomic E-state index is 0.0510. The zero-order chi connectivity index (χ0) is 14.4. The third-order valence-electron chi connectivity index (χ3n) is 2.53. The van der Waals surface area contributed by atoms with Crippen LogP contribution in [0.5, 0.6) is 17.5 Å². The molecule has 5 heteroatoms. The van der Waals surface area contributed by atoms with Crippen molar-refractivity contribution < 1.29 is 9.47 Å². The number of rotatable bonds is 6. The van der Waals surface area contributed by atoms with Crippen LogP contribution in [0.3, 0.4) is 0 Å². The van der Waals surface area contributed by atoms with Gasteiger partial charge in [-0.2, -0.15) is 4.98 Å². The first-order chi connectivity index (χ1) is 9.67. The quantitative estimate of drug-likeness (QED) is 0.875. The summed E-state index contributed by atoms with van der Waals surface area (Å²) in [6.07, 6.45) is 4.03. The van der Waals surface area contributed by atoms with Crippen LogP contribution in [0, 0.1) is 0 Å². The van der Waals surface area contributed by atoms with Crippen molar-refractivity contribution in [2.24, 2.45) is 5.73 Å². The van der Waals surface area contributed by atoms with Crippen molar-refractivity contribution in [3.8, 4) is 17.5 Å². The van der Waals surface area contributed by atoms with E-state index >= 15 is 0 Å². The van der Waals surface area contributed by atoms with E-state index in [1.54, 1.807) is 12.4 Å². The number of ether oxygens (including phenoxy) is 2. The summed E-state index contributed by atoms with van der Waals surface area (Å²) in [5, 5.41) is 0. The molecule has 1 heterocycles. The Kier molecular flexibility index (Phi) is 4.90. The van der Waals surface area contributed by atoms with E-state index in [0.717, 1.165) is 6.42 Å². The van der Waals surface area contributed by atoms with Crippen LogP contribution in [-0.2, 0) is 6.42 Å². The van der Waals surface area contributed by atoms with Gasteiger partial charge in [-0.15, -0.1) is 0 Å². The zero-order valence-electron chi connectivity index (χ0n) is 11.7. The fourth-order valence-electron chi connectivity index (χ4n) is 1.69. The molecule has 1 aromatic carbocycles. The molecule has 0 saturated carbocycles. The minimum Gasteiger partial charge on any atom is -0.474 e. The lowest BCUT2D eigenvalue weighted by atomic mass is 10.1. The first-order valence-corrected chi connectivity index (χ1v) is 6.63. The van der Waals surface area contributed by atoms with E-state index in [0.29, 0.717) is 24.1 Å². The van der Waals surface area contributed by atoms with Crippen molar-refractivity contribution in [3.63, 3.8) is 0 Å². The van der Waals surface area contributed by atoms with Gasteiger partial charge in [-0.3, -0.25) is 4.98 Å². The molecule has 0 unspecified atom stereocenters. The first-order valence-electron chi connectivity index (χ1n) is 6.63. The molecule has 2 N–H and O–H groups in total. The van der Waals surface area contributed by atoms with Crippen LogP contribution in [0.2, 0.25) is 0 Å². The summed E-state index contributed by atoms with van der Waals surface area (Å²) >= 11 is 0. The van der Waals surface area contributed by atoms with Gasteiger partial charge in [0.15, 0.2) is 0 Å². The third kappa shape index (κ3) is 4.20. The van der Waals surface area contributed by atoms with E-state index in [1.165, 1.54) is 5.56 Å². The van der Waals surface area contributed by atoms with Crippen LogP contribution in [0.1, 0.15) is 19.4 Å². The van der Waals surface area contributed by atoms with Gasteiger partial charge in [-0.05, 0) is 44.5 Å². The standard InChI is InChI=1S/C15H19N3O2/c1-11(2)19-14-9-17-10-15(18-14)20-13-5-3-12(4-6-13)7-8-16/h3-6,9-11H,7-8,16H2,1-2H3. The fourth-order valence-corrected chi connectivity index (χ4v) is 1.69. The largest absolute Gasteiger partial charge is 0.474 e. The molecule has 0 bridgehead atoms. The van der Waals surface area contributed by atoms with E-state index in [2.05, 4.69) is 9.97 Å². The van der Waals surface area contributed by atoms with E-state index in [1.807, 2.05) is 38.1 Å². The Morgan fingerprint density at radius 3 is 2.45 bits per heavy atom. The monoisotopic (exact) mass is 273 g/mol. The van der Waals surface area contributed by atoms with Gasteiger partial charge < -0.3 is 15.2 Å². The predicted molar refractivity (Wildman–Crippen MR) is 77.1 cm³/mol. The maximum atomic E-state index is 5.65.